The van der Waals surface area contributed by atoms with E-state index >= 15 is 0 Å². The summed E-state index contributed by atoms with van der Waals surface area (Å²) in [4.78, 5) is 0. The summed E-state index contributed by atoms with van der Waals surface area (Å²) in [7, 11) is 0. The molecule has 15 heavy (non-hydrogen) atoms. The van der Waals surface area contributed by atoms with E-state index in [9.17, 15) is 0 Å². The summed E-state index contributed by atoms with van der Waals surface area (Å²) >= 11 is 1.91. The quantitative estimate of drug-likeness (QED) is 0.851. The van der Waals surface area contributed by atoms with E-state index in [0.29, 0.717) is 11.3 Å². The van der Waals surface area contributed by atoms with Crippen LogP contribution in [0.5, 0.6) is 0 Å². The van der Waals surface area contributed by atoms with Crippen LogP contribution in [0.15, 0.2) is 30.3 Å². The van der Waals surface area contributed by atoms with E-state index in [-0.39, 0.29) is 0 Å². The first-order valence-corrected chi connectivity index (χ1v) is 6.40. The van der Waals surface area contributed by atoms with E-state index in [1.807, 2.05) is 17.8 Å². The summed E-state index contributed by atoms with van der Waals surface area (Å²) in [5.74, 6) is 1.03. The van der Waals surface area contributed by atoms with Gasteiger partial charge >= 0.3 is 0 Å². The van der Waals surface area contributed by atoms with Crippen molar-refractivity contribution in [2.45, 2.75) is 23.5 Å². The van der Waals surface area contributed by atoms with Crippen molar-refractivity contribution in [1.82, 2.24) is 0 Å². The predicted octanol–water partition coefficient (Wildman–Crippen LogP) is 2.04. The summed E-state index contributed by atoms with van der Waals surface area (Å²) in [5.41, 5.74) is 7.40. The summed E-state index contributed by atoms with van der Waals surface area (Å²) in [5, 5.41) is 0.457. The summed E-state index contributed by atoms with van der Waals surface area (Å²) in [6.45, 7) is 1.63. The summed E-state index contributed by atoms with van der Waals surface area (Å²) < 4.78 is 5.44. The normalized spacial score (nSPS) is 26.5. The lowest BCUT2D eigenvalue weighted by atomic mass is 10.1. The van der Waals surface area contributed by atoms with Crippen LogP contribution in [0.4, 0.5) is 0 Å². The van der Waals surface area contributed by atoms with Gasteiger partial charge in [0, 0.05) is 23.7 Å². The fourth-order valence-corrected chi connectivity index (χ4v) is 2.85. The van der Waals surface area contributed by atoms with Gasteiger partial charge in [-0.25, -0.2) is 0 Å². The highest BCUT2D eigenvalue weighted by Gasteiger charge is 2.22. The zero-order chi connectivity index (χ0) is 10.5. The van der Waals surface area contributed by atoms with Crippen molar-refractivity contribution in [3.05, 3.63) is 35.9 Å². The van der Waals surface area contributed by atoms with Crippen molar-refractivity contribution in [3.63, 3.8) is 0 Å². The number of rotatable bonds is 3. The Hall–Kier alpha value is -0.510. The van der Waals surface area contributed by atoms with Crippen LogP contribution in [0.25, 0.3) is 0 Å². The van der Waals surface area contributed by atoms with Gasteiger partial charge in [0.05, 0.1) is 6.61 Å². The molecule has 2 nitrogen and oxygen atoms in total. The average molecular weight is 223 g/mol. The van der Waals surface area contributed by atoms with E-state index in [2.05, 4.69) is 24.3 Å². The van der Waals surface area contributed by atoms with Crippen LogP contribution in [-0.2, 0) is 10.5 Å². The molecule has 82 valence electrons. The third kappa shape index (κ3) is 3.23. The van der Waals surface area contributed by atoms with Gasteiger partial charge in [0.1, 0.15) is 0 Å². The van der Waals surface area contributed by atoms with Crippen LogP contribution >= 0.6 is 11.8 Å². The first-order valence-electron chi connectivity index (χ1n) is 5.35. The third-order valence-electron chi connectivity index (χ3n) is 2.66. The molecule has 1 aromatic carbocycles. The first kappa shape index (κ1) is 11.0. The van der Waals surface area contributed by atoms with Crippen molar-refractivity contribution in [2.75, 3.05) is 13.2 Å². The predicted molar refractivity (Wildman–Crippen MR) is 64.9 cm³/mol. The molecule has 0 spiro atoms. The molecule has 0 bridgehead atoms. The smallest absolute Gasteiger partial charge is 0.0600 e. The Morgan fingerprint density at radius 1 is 1.33 bits per heavy atom. The molecule has 2 N–H and O–H groups in total. The Labute approximate surface area is 95.2 Å². The van der Waals surface area contributed by atoms with Crippen molar-refractivity contribution in [1.29, 1.82) is 0 Å². The summed E-state index contributed by atoms with van der Waals surface area (Å²) in [6.07, 6.45) is 0.993. The molecule has 1 heterocycles. The first-order chi connectivity index (χ1) is 7.36. The molecule has 1 fully saturated rings. The van der Waals surface area contributed by atoms with Crippen molar-refractivity contribution in [3.8, 4) is 0 Å². The second-order valence-electron chi connectivity index (χ2n) is 3.86. The van der Waals surface area contributed by atoms with Gasteiger partial charge in [-0.3, -0.25) is 0 Å². The van der Waals surface area contributed by atoms with E-state index < -0.39 is 0 Å². The van der Waals surface area contributed by atoms with Gasteiger partial charge in [-0.15, -0.1) is 11.8 Å². The molecular weight excluding hydrogens is 206 g/mol. The van der Waals surface area contributed by atoms with E-state index in [4.69, 9.17) is 10.5 Å². The molecule has 1 aromatic rings. The topological polar surface area (TPSA) is 35.2 Å². The Bertz CT molecular complexity index is 291. The number of nitrogens with two attached hydrogens (primary N) is 1. The van der Waals surface area contributed by atoms with Crippen LogP contribution in [0.3, 0.4) is 0 Å². The number of thioether (sulfide) groups is 1. The maximum absolute atomic E-state index is 6.04. The number of benzene rings is 1. The standard InChI is InChI=1S/C12H17NOS/c13-11-6-7-14-8-12(11)15-9-10-4-2-1-3-5-10/h1-5,11-12H,6-9,13H2. The monoisotopic (exact) mass is 223 g/mol. The second-order valence-corrected chi connectivity index (χ2v) is 5.09. The molecular formula is C12H17NOS. The van der Waals surface area contributed by atoms with Crippen molar-refractivity contribution in [2.24, 2.45) is 5.73 Å². The van der Waals surface area contributed by atoms with Gasteiger partial charge in [-0.1, -0.05) is 30.3 Å². The number of hydrogen-bond acceptors (Lipinski definition) is 3. The van der Waals surface area contributed by atoms with Crippen molar-refractivity contribution < 1.29 is 4.74 Å². The lowest BCUT2D eigenvalue weighted by molar-refractivity contribution is 0.0916. The Morgan fingerprint density at radius 3 is 2.87 bits per heavy atom. The molecule has 1 aliphatic rings. The fraction of sp³-hybridized carbons (Fsp3) is 0.500. The molecule has 0 aliphatic carbocycles. The Morgan fingerprint density at radius 2 is 2.13 bits per heavy atom. The molecule has 0 aromatic heterocycles. The Balaban J connectivity index is 1.82. The van der Waals surface area contributed by atoms with Gasteiger partial charge in [0.2, 0.25) is 0 Å². The molecule has 1 saturated heterocycles. The summed E-state index contributed by atoms with van der Waals surface area (Å²) in [6, 6.07) is 10.8. The van der Waals surface area contributed by atoms with Gasteiger partial charge in [-0.2, -0.15) is 0 Å². The second kappa shape index (κ2) is 5.54. The van der Waals surface area contributed by atoms with Gasteiger partial charge in [0.15, 0.2) is 0 Å². The fourth-order valence-electron chi connectivity index (χ4n) is 1.68. The van der Waals surface area contributed by atoms with Crippen molar-refractivity contribution >= 4 is 11.8 Å². The largest absolute Gasteiger partial charge is 0.380 e. The number of hydrogen-bond donors (Lipinski definition) is 1. The van der Waals surface area contributed by atoms with Gasteiger partial charge in [0.25, 0.3) is 0 Å². The molecule has 3 heteroatoms. The zero-order valence-electron chi connectivity index (χ0n) is 8.76. The number of ether oxygens (including phenoxy) is 1. The minimum absolute atomic E-state index is 0.299. The molecule has 2 rings (SSSR count). The maximum atomic E-state index is 6.04. The lowest BCUT2D eigenvalue weighted by Crippen LogP contribution is -2.40. The highest BCUT2D eigenvalue weighted by molar-refractivity contribution is 7.99. The van der Waals surface area contributed by atoms with Crippen LogP contribution in [0.2, 0.25) is 0 Å². The third-order valence-corrected chi connectivity index (χ3v) is 4.08. The molecule has 2 unspecified atom stereocenters. The van der Waals surface area contributed by atoms with Crippen LogP contribution < -0.4 is 5.73 Å². The van der Waals surface area contributed by atoms with Gasteiger partial charge < -0.3 is 10.5 Å². The highest BCUT2D eigenvalue weighted by atomic mass is 32.2. The van der Waals surface area contributed by atoms with E-state index in [0.717, 1.165) is 25.4 Å². The molecule has 0 radical (unpaired) electrons. The molecule has 1 aliphatic heterocycles. The van der Waals surface area contributed by atoms with Crippen LogP contribution in [-0.4, -0.2) is 24.5 Å². The van der Waals surface area contributed by atoms with E-state index in [1.54, 1.807) is 0 Å². The van der Waals surface area contributed by atoms with E-state index in [1.165, 1.54) is 5.56 Å². The zero-order valence-corrected chi connectivity index (χ0v) is 9.58. The SMILES string of the molecule is NC1CCOCC1SCc1ccccc1. The maximum Gasteiger partial charge on any atom is 0.0600 e. The molecule has 0 amide bonds. The highest BCUT2D eigenvalue weighted by Crippen LogP contribution is 2.23. The molecule has 0 saturated carbocycles. The average Bonchev–Trinajstić information content (AvgIpc) is 2.29. The molecule has 2 atom stereocenters. The van der Waals surface area contributed by atoms with Gasteiger partial charge in [-0.05, 0) is 12.0 Å². The lowest BCUT2D eigenvalue weighted by Gasteiger charge is -2.28. The minimum atomic E-state index is 0.299. The Kier molecular flexibility index (Phi) is 4.06. The minimum Gasteiger partial charge on any atom is -0.380 e. The van der Waals surface area contributed by atoms with Crippen LogP contribution in [0.1, 0.15) is 12.0 Å². The van der Waals surface area contributed by atoms with Crippen LogP contribution in [0, 0.1) is 0 Å².